The van der Waals surface area contributed by atoms with Crippen LogP contribution >= 0.6 is 0 Å². The van der Waals surface area contributed by atoms with E-state index in [1.54, 1.807) is 36.4 Å². The van der Waals surface area contributed by atoms with E-state index >= 15 is 8.78 Å². The van der Waals surface area contributed by atoms with Crippen molar-refractivity contribution in [2.45, 2.75) is 78.1 Å². The van der Waals surface area contributed by atoms with Crippen LogP contribution in [0.2, 0.25) is 0 Å². The van der Waals surface area contributed by atoms with E-state index in [1.807, 2.05) is 0 Å². The molecule has 0 aromatic heterocycles. The summed E-state index contributed by atoms with van der Waals surface area (Å²) in [7, 11) is 0. The average Bonchev–Trinajstić information content (AvgIpc) is 3.03. The molecule has 43 heavy (non-hydrogen) atoms. The molecular formula is C38H42F4O. The lowest BCUT2D eigenvalue weighted by atomic mass is 9.71. The van der Waals surface area contributed by atoms with Crippen molar-refractivity contribution in [1.29, 1.82) is 0 Å². The van der Waals surface area contributed by atoms with Crippen molar-refractivity contribution < 1.29 is 22.3 Å². The lowest BCUT2D eigenvalue weighted by Crippen LogP contribution is -2.22. The van der Waals surface area contributed by atoms with Crippen molar-refractivity contribution in [3.63, 3.8) is 0 Å². The number of rotatable bonds is 10. The van der Waals surface area contributed by atoms with Gasteiger partial charge in [0.1, 0.15) is 0 Å². The van der Waals surface area contributed by atoms with E-state index in [0.29, 0.717) is 35.1 Å². The Hall–Kier alpha value is -3.34. The van der Waals surface area contributed by atoms with Crippen molar-refractivity contribution in [3.8, 4) is 28.0 Å². The molecule has 0 radical (unpaired) electrons. The van der Waals surface area contributed by atoms with Gasteiger partial charge in [0.15, 0.2) is 23.2 Å². The number of hydrogen-bond acceptors (Lipinski definition) is 1. The average molecular weight is 591 g/mol. The van der Waals surface area contributed by atoms with Gasteiger partial charge in [-0.3, -0.25) is 0 Å². The highest BCUT2D eigenvalue weighted by Gasteiger charge is 2.29. The van der Waals surface area contributed by atoms with Crippen LogP contribution < -0.4 is 4.74 Å². The molecule has 1 saturated carbocycles. The Balaban J connectivity index is 1.26. The van der Waals surface area contributed by atoms with E-state index in [4.69, 9.17) is 4.74 Å². The SMILES string of the molecule is C/C=C/C1CCC(C2CC=C(c3ccc(-c4ccc(-c5ccc(OCCCCC)c(F)c5F)cc4)c(F)c3F)CC2)CC1. The zero-order chi connectivity index (χ0) is 30.3. The van der Waals surface area contributed by atoms with Crippen molar-refractivity contribution in [3.05, 3.63) is 95.6 Å². The first-order chi connectivity index (χ1) is 20.9. The molecule has 0 aliphatic heterocycles. The third-order valence-electron chi connectivity index (χ3n) is 9.39. The van der Waals surface area contributed by atoms with Crippen molar-refractivity contribution in [2.75, 3.05) is 6.61 Å². The van der Waals surface area contributed by atoms with Crippen LogP contribution in [0.15, 0.2) is 66.8 Å². The predicted molar refractivity (Wildman–Crippen MR) is 168 cm³/mol. The topological polar surface area (TPSA) is 9.23 Å². The summed E-state index contributed by atoms with van der Waals surface area (Å²) in [4.78, 5) is 0. The fraction of sp³-hybridized carbons (Fsp3) is 0.421. The van der Waals surface area contributed by atoms with E-state index in [1.165, 1.54) is 37.8 Å². The molecule has 228 valence electrons. The molecule has 2 aliphatic rings. The van der Waals surface area contributed by atoms with Crippen LogP contribution in [0.1, 0.15) is 83.6 Å². The van der Waals surface area contributed by atoms with Gasteiger partial charge in [0.2, 0.25) is 5.82 Å². The molecular weight excluding hydrogens is 548 g/mol. The molecule has 1 unspecified atom stereocenters. The zero-order valence-corrected chi connectivity index (χ0v) is 25.3. The number of hydrogen-bond donors (Lipinski definition) is 0. The van der Waals surface area contributed by atoms with Crippen molar-refractivity contribution in [1.82, 2.24) is 0 Å². The second kappa shape index (κ2) is 14.4. The summed E-state index contributed by atoms with van der Waals surface area (Å²) in [5.41, 5.74) is 2.35. The molecule has 1 nitrogen and oxygen atoms in total. The summed E-state index contributed by atoms with van der Waals surface area (Å²) in [6, 6.07) is 12.6. The Kier molecular flexibility index (Phi) is 10.4. The minimum absolute atomic E-state index is 0.0836. The molecule has 0 bridgehead atoms. The fourth-order valence-corrected chi connectivity index (χ4v) is 6.86. The molecule has 5 rings (SSSR count). The minimum atomic E-state index is -1.03. The van der Waals surface area contributed by atoms with Crippen LogP contribution in [0.5, 0.6) is 5.75 Å². The third kappa shape index (κ3) is 7.08. The van der Waals surface area contributed by atoms with Crippen LogP contribution in [0, 0.1) is 41.0 Å². The van der Waals surface area contributed by atoms with Crippen LogP contribution in [0.4, 0.5) is 17.6 Å². The molecule has 0 spiro atoms. The maximum Gasteiger partial charge on any atom is 0.201 e. The van der Waals surface area contributed by atoms with Crippen molar-refractivity contribution >= 4 is 5.57 Å². The zero-order valence-electron chi connectivity index (χ0n) is 25.3. The van der Waals surface area contributed by atoms with Crippen LogP contribution in [-0.2, 0) is 0 Å². The monoisotopic (exact) mass is 590 g/mol. The molecule has 0 N–H and O–H groups in total. The molecule has 3 aromatic rings. The van der Waals surface area contributed by atoms with Gasteiger partial charge < -0.3 is 4.74 Å². The minimum Gasteiger partial charge on any atom is -0.490 e. The molecule has 0 saturated heterocycles. The van der Waals surface area contributed by atoms with Gasteiger partial charge in [0.05, 0.1) is 6.61 Å². The molecule has 2 aliphatic carbocycles. The van der Waals surface area contributed by atoms with Crippen LogP contribution in [0.3, 0.4) is 0 Å². The molecule has 0 heterocycles. The standard InChI is InChI=1S/C38H42F4O/c1-3-5-6-24-43-34-23-22-33(37(41)38(34)42)30-18-16-29(17-19-30)32-21-20-31(35(39)36(32)40)28-14-12-27(13-15-28)26-10-8-25(7-4-2)9-11-26/h4,7,14,16-23,25-27H,3,5-6,8-13,15,24H2,1-2H3/b7-4+. The largest absolute Gasteiger partial charge is 0.490 e. The van der Waals surface area contributed by atoms with Gasteiger partial charge in [-0.05, 0) is 105 Å². The molecule has 1 fully saturated rings. The summed E-state index contributed by atoms with van der Waals surface area (Å²) >= 11 is 0. The summed E-state index contributed by atoms with van der Waals surface area (Å²) in [5, 5.41) is 0. The molecule has 5 heteroatoms. The van der Waals surface area contributed by atoms with Crippen LogP contribution in [0.25, 0.3) is 27.8 Å². The Morgan fingerprint density at radius 2 is 1.30 bits per heavy atom. The van der Waals surface area contributed by atoms with Gasteiger partial charge in [-0.2, -0.15) is 4.39 Å². The Bertz CT molecular complexity index is 1450. The molecule has 1 atom stereocenters. The quantitative estimate of drug-likeness (QED) is 0.130. The first-order valence-electron chi connectivity index (χ1n) is 15.9. The Morgan fingerprint density at radius 1 is 0.698 bits per heavy atom. The fourth-order valence-electron chi connectivity index (χ4n) is 6.86. The lowest BCUT2D eigenvalue weighted by molar-refractivity contribution is 0.212. The number of allylic oxidation sites excluding steroid dienone is 4. The van der Waals surface area contributed by atoms with Gasteiger partial charge in [0.25, 0.3) is 0 Å². The van der Waals surface area contributed by atoms with Crippen LogP contribution in [-0.4, -0.2) is 6.61 Å². The predicted octanol–water partition coefficient (Wildman–Crippen LogP) is 11.7. The van der Waals surface area contributed by atoms with E-state index < -0.39 is 23.3 Å². The summed E-state index contributed by atoms with van der Waals surface area (Å²) < 4.78 is 65.7. The second-order valence-corrected chi connectivity index (χ2v) is 12.1. The Labute approximate surface area is 253 Å². The van der Waals surface area contributed by atoms with Gasteiger partial charge in [-0.25, -0.2) is 13.2 Å². The second-order valence-electron chi connectivity index (χ2n) is 12.1. The normalized spacial score (nSPS) is 20.8. The highest BCUT2D eigenvalue weighted by Crippen LogP contribution is 2.42. The summed E-state index contributed by atoms with van der Waals surface area (Å²) in [5.74, 6) is -1.81. The van der Waals surface area contributed by atoms with Gasteiger partial charge in [0, 0.05) is 16.7 Å². The first-order valence-corrected chi connectivity index (χ1v) is 15.9. The van der Waals surface area contributed by atoms with Crippen molar-refractivity contribution in [2.24, 2.45) is 17.8 Å². The van der Waals surface area contributed by atoms with E-state index in [2.05, 4.69) is 32.1 Å². The number of benzene rings is 3. The third-order valence-corrected chi connectivity index (χ3v) is 9.39. The smallest absolute Gasteiger partial charge is 0.201 e. The maximum absolute atomic E-state index is 15.4. The van der Waals surface area contributed by atoms with E-state index in [0.717, 1.165) is 50.0 Å². The van der Waals surface area contributed by atoms with Gasteiger partial charge in [-0.15, -0.1) is 0 Å². The lowest BCUT2D eigenvalue weighted by Gasteiger charge is -2.35. The number of halogens is 4. The molecule has 0 amide bonds. The van der Waals surface area contributed by atoms with Gasteiger partial charge >= 0.3 is 0 Å². The molecule has 3 aromatic carbocycles. The van der Waals surface area contributed by atoms with Gasteiger partial charge in [-0.1, -0.05) is 74.4 Å². The highest BCUT2D eigenvalue weighted by molar-refractivity contribution is 5.74. The highest BCUT2D eigenvalue weighted by atomic mass is 19.2. The Morgan fingerprint density at radius 3 is 1.91 bits per heavy atom. The summed E-state index contributed by atoms with van der Waals surface area (Å²) in [6.07, 6.45) is 17.0. The first kappa shape index (κ1) is 31.1. The van der Waals surface area contributed by atoms with E-state index in [9.17, 15) is 8.78 Å². The maximum atomic E-state index is 15.4. The number of ether oxygens (including phenoxy) is 1. The van der Waals surface area contributed by atoms with E-state index in [-0.39, 0.29) is 16.9 Å². The summed E-state index contributed by atoms with van der Waals surface area (Å²) in [6.45, 7) is 4.47. The number of unbranched alkanes of at least 4 members (excludes halogenated alkanes) is 2.